The predicted octanol–water partition coefficient (Wildman–Crippen LogP) is 3.37. The number of oxazole rings is 1. The zero-order valence-corrected chi connectivity index (χ0v) is 10.2. The minimum Gasteiger partial charge on any atom is -0.448 e. The van der Waals surface area contributed by atoms with Gasteiger partial charge in [0.1, 0.15) is 11.5 Å². The first-order chi connectivity index (χ1) is 7.81. The van der Waals surface area contributed by atoms with E-state index >= 15 is 0 Å². The van der Waals surface area contributed by atoms with E-state index in [1.165, 1.54) is 17.7 Å². The number of rotatable bonds is 5. The van der Waals surface area contributed by atoms with E-state index in [2.05, 4.69) is 4.98 Å². The van der Waals surface area contributed by atoms with Crippen LogP contribution in [0.2, 0.25) is 4.34 Å². The molecule has 0 amide bonds. The van der Waals surface area contributed by atoms with E-state index in [-0.39, 0.29) is 6.61 Å². The Kier molecular flexibility index (Phi) is 3.98. The van der Waals surface area contributed by atoms with E-state index in [0.717, 1.165) is 39.9 Å². The number of thiophene rings is 1. The average Bonchev–Trinajstić information content (AvgIpc) is 2.87. The lowest BCUT2D eigenvalue weighted by Crippen LogP contribution is -1.89. The molecule has 0 bridgehead atoms. The van der Waals surface area contributed by atoms with Gasteiger partial charge in [0.25, 0.3) is 0 Å². The summed E-state index contributed by atoms with van der Waals surface area (Å²) in [7, 11) is 0. The van der Waals surface area contributed by atoms with Crippen molar-refractivity contribution in [3.8, 4) is 10.6 Å². The van der Waals surface area contributed by atoms with Crippen molar-refractivity contribution in [3.05, 3.63) is 28.6 Å². The quantitative estimate of drug-likeness (QED) is 0.836. The van der Waals surface area contributed by atoms with Gasteiger partial charge in [-0.2, -0.15) is 0 Å². The first-order valence-corrected chi connectivity index (χ1v) is 6.29. The van der Waals surface area contributed by atoms with E-state index < -0.39 is 0 Å². The van der Waals surface area contributed by atoms with Crippen LogP contribution in [-0.2, 0) is 6.42 Å². The molecule has 2 aromatic rings. The topological polar surface area (TPSA) is 46.3 Å². The van der Waals surface area contributed by atoms with Crippen molar-refractivity contribution < 1.29 is 9.52 Å². The number of aromatic nitrogens is 1. The number of hydrogen-bond acceptors (Lipinski definition) is 4. The molecule has 2 aromatic heterocycles. The van der Waals surface area contributed by atoms with E-state index in [0.29, 0.717) is 0 Å². The van der Waals surface area contributed by atoms with Crippen LogP contribution in [0.15, 0.2) is 22.9 Å². The summed E-state index contributed by atoms with van der Waals surface area (Å²) in [6.45, 7) is 0.217. The van der Waals surface area contributed by atoms with Crippen LogP contribution in [0.4, 0.5) is 0 Å². The fourth-order valence-corrected chi connectivity index (χ4v) is 2.55. The highest BCUT2D eigenvalue weighted by atomic mass is 35.5. The van der Waals surface area contributed by atoms with Gasteiger partial charge >= 0.3 is 0 Å². The number of hydrogen-bond donors (Lipinski definition) is 1. The first-order valence-electron chi connectivity index (χ1n) is 5.10. The summed E-state index contributed by atoms with van der Waals surface area (Å²) in [4.78, 5) is 5.23. The molecule has 0 aliphatic carbocycles. The molecule has 3 nitrogen and oxygen atoms in total. The second-order valence-electron chi connectivity index (χ2n) is 3.41. The fraction of sp³-hybridized carbons (Fsp3) is 0.364. The maximum atomic E-state index is 8.72. The molecule has 0 saturated carbocycles. The van der Waals surface area contributed by atoms with Crippen molar-refractivity contribution in [1.29, 1.82) is 0 Å². The Morgan fingerprint density at radius 1 is 1.38 bits per heavy atom. The first kappa shape index (κ1) is 11.6. The van der Waals surface area contributed by atoms with Gasteiger partial charge < -0.3 is 9.52 Å². The summed E-state index contributed by atoms with van der Waals surface area (Å²) >= 11 is 7.38. The van der Waals surface area contributed by atoms with Crippen molar-refractivity contribution in [1.82, 2.24) is 4.98 Å². The minimum atomic E-state index is 0.217. The second kappa shape index (κ2) is 5.48. The van der Waals surface area contributed by atoms with E-state index in [1.54, 1.807) is 0 Å². The van der Waals surface area contributed by atoms with Gasteiger partial charge in [-0.05, 0) is 25.0 Å². The monoisotopic (exact) mass is 257 g/mol. The summed E-state index contributed by atoms with van der Waals surface area (Å²) in [5.74, 6) is 0.868. The Hall–Kier alpha value is -0.840. The number of unbranched alkanes of at least 4 members (excludes halogenated alkanes) is 1. The largest absolute Gasteiger partial charge is 0.448 e. The Labute approximate surface area is 103 Å². The maximum Gasteiger partial charge on any atom is 0.181 e. The molecule has 0 spiro atoms. The van der Waals surface area contributed by atoms with Gasteiger partial charge in [0.05, 0.1) is 9.21 Å². The Bertz CT molecular complexity index is 452. The van der Waals surface area contributed by atoms with Crippen LogP contribution in [0, 0.1) is 0 Å². The van der Waals surface area contributed by atoms with Gasteiger partial charge in [-0.3, -0.25) is 0 Å². The zero-order valence-electron chi connectivity index (χ0n) is 8.65. The van der Waals surface area contributed by atoms with E-state index in [1.807, 2.05) is 12.1 Å². The molecule has 1 N–H and O–H groups in total. The fourth-order valence-electron chi connectivity index (χ4n) is 1.49. The predicted molar refractivity (Wildman–Crippen MR) is 64.8 cm³/mol. The lowest BCUT2D eigenvalue weighted by Gasteiger charge is -1.97. The van der Waals surface area contributed by atoms with Crippen LogP contribution < -0.4 is 0 Å². The Morgan fingerprint density at radius 2 is 2.25 bits per heavy atom. The molecule has 0 atom stereocenters. The van der Waals surface area contributed by atoms with Gasteiger partial charge in [-0.15, -0.1) is 11.3 Å². The molecule has 5 heteroatoms. The van der Waals surface area contributed by atoms with Crippen LogP contribution in [-0.4, -0.2) is 16.7 Å². The molecule has 0 radical (unpaired) electrons. The second-order valence-corrected chi connectivity index (χ2v) is 5.12. The molecule has 86 valence electrons. The zero-order chi connectivity index (χ0) is 11.4. The lowest BCUT2D eigenvalue weighted by molar-refractivity contribution is 0.283. The van der Waals surface area contributed by atoms with Gasteiger partial charge in [-0.1, -0.05) is 11.6 Å². The molecule has 0 fully saturated rings. The minimum absolute atomic E-state index is 0.217. The molecule has 0 saturated heterocycles. The standard InChI is InChI=1S/C11H12ClNO2S/c12-10-5-4-9(16-10)11-8(15-7-13-11)3-1-2-6-14/h4-5,7,14H,1-3,6H2. The molecule has 0 aliphatic rings. The third kappa shape index (κ3) is 2.64. The van der Waals surface area contributed by atoms with E-state index in [9.17, 15) is 0 Å². The van der Waals surface area contributed by atoms with Crippen molar-refractivity contribution in [2.75, 3.05) is 6.61 Å². The molecule has 0 aromatic carbocycles. The number of aliphatic hydroxyl groups is 1. The Morgan fingerprint density at radius 3 is 2.94 bits per heavy atom. The van der Waals surface area contributed by atoms with Gasteiger partial charge in [0.15, 0.2) is 6.39 Å². The van der Waals surface area contributed by atoms with Crippen LogP contribution in [0.3, 0.4) is 0 Å². The molecule has 0 aliphatic heterocycles. The molecule has 2 heterocycles. The Balaban J connectivity index is 2.12. The van der Waals surface area contributed by atoms with Gasteiger partial charge in [0, 0.05) is 13.0 Å². The molecular formula is C11H12ClNO2S. The number of nitrogens with zero attached hydrogens (tertiary/aromatic N) is 1. The van der Waals surface area contributed by atoms with Crippen molar-refractivity contribution >= 4 is 22.9 Å². The van der Waals surface area contributed by atoms with Crippen LogP contribution in [0.25, 0.3) is 10.6 Å². The van der Waals surface area contributed by atoms with Crippen LogP contribution in [0.5, 0.6) is 0 Å². The maximum absolute atomic E-state index is 8.72. The lowest BCUT2D eigenvalue weighted by atomic mass is 10.1. The van der Waals surface area contributed by atoms with Crippen LogP contribution in [0.1, 0.15) is 18.6 Å². The highest BCUT2D eigenvalue weighted by molar-refractivity contribution is 7.19. The normalized spacial score (nSPS) is 10.9. The van der Waals surface area contributed by atoms with Crippen molar-refractivity contribution in [2.45, 2.75) is 19.3 Å². The highest BCUT2D eigenvalue weighted by Gasteiger charge is 2.12. The summed E-state index contributed by atoms with van der Waals surface area (Å²) in [6, 6.07) is 3.80. The van der Waals surface area contributed by atoms with Crippen LogP contribution >= 0.6 is 22.9 Å². The highest BCUT2D eigenvalue weighted by Crippen LogP contribution is 2.32. The number of halogens is 1. The summed E-state index contributed by atoms with van der Waals surface area (Å²) in [5.41, 5.74) is 0.870. The molecule has 0 unspecified atom stereocenters. The molecule has 2 rings (SSSR count). The van der Waals surface area contributed by atoms with Gasteiger partial charge in [0.2, 0.25) is 0 Å². The average molecular weight is 258 g/mol. The number of aryl methyl sites for hydroxylation is 1. The third-order valence-electron chi connectivity index (χ3n) is 2.26. The molecular weight excluding hydrogens is 246 g/mol. The summed E-state index contributed by atoms with van der Waals surface area (Å²) < 4.78 is 6.10. The molecule has 16 heavy (non-hydrogen) atoms. The SMILES string of the molecule is OCCCCc1ocnc1-c1ccc(Cl)s1. The smallest absolute Gasteiger partial charge is 0.181 e. The van der Waals surface area contributed by atoms with Gasteiger partial charge in [-0.25, -0.2) is 4.98 Å². The third-order valence-corrected chi connectivity index (χ3v) is 3.50. The summed E-state index contributed by atoms with van der Waals surface area (Å²) in [6.07, 6.45) is 3.94. The van der Waals surface area contributed by atoms with Crippen molar-refractivity contribution in [2.24, 2.45) is 0 Å². The van der Waals surface area contributed by atoms with Crippen molar-refractivity contribution in [3.63, 3.8) is 0 Å². The van der Waals surface area contributed by atoms with E-state index in [4.69, 9.17) is 21.1 Å². The number of aliphatic hydroxyl groups excluding tert-OH is 1. The summed E-state index contributed by atoms with van der Waals surface area (Å²) in [5, 5.41) is 8.72.